The zero-order valence-electron chi connectivity index (χ0n) is 27.2. The van der Waals surface area contributed by atoms with E-state index < -0.39 is 35.6 Å². The lowest BCUT2D eigenvalue weighted by molar-refractivity contribution is -0.147. The van der Waals surface area contributed by atoms with E-state index in [2.05, 4.69) is 41.2 Å². The molecular formula is C37H47N3O7. The second-order valence-corrected chi connectivity index (χ2v) is 12.5. The molecule has 2 aliphatic rings. The fourth-order valence-electron chi connectivity index (χ4n) is 6.46. The van der Waals surface area contributed by atoms with Gasteiger partial charge in [0, 0.05) is 12.3 Å². The summed E-state index contributed by atoms with van der Waals surface area (Å²) in [6, 6.07) is 14.5. The number of carbonyl (C=O) groups is 4. The van der Waals surface area contributed by atoms with Crippen molar-refractivity contribution >= 4 is 23.9 Å². The molecule has 3 amide bonds. The summed E-state index contributed by atoms with van der Waals surface area (Å²) in [5.41, 5.74) is 3.77. The van der Waals surface area contributed by atoms with Crippen LogP contribution in [0.25, 0.3) is 11.1 Å². The summed E-state index contributed by atoms with van der Waals surface area (Å²) in [4.78, 5) is 51.7. The molecule has 0 heterocycles. The van der Waals surface area contributed by atoms with Gasteiger partial charge in [0.2, 0.25) is 11.8 Å². The van der Waals surface area contributed by atoms with E-state index in [0.717, 1.165) is 35.1 Å². The fraction of sp³-hybridized carbons (Fsp3) is 0.459. The van der Waals surface area contributed by atoms with Crippen molar-refractivity contribution in [3.8, 4) is 11.1 Å². The van der Waals surface area contributed by atoms with Gasteiger partial charge >= 0.3 is 12.1 Å². The van der Waals surface area contributed by atoms with Crippen LogP contribution in [0.1, 0.15) is 75.3 Å². The maximum Gasteiger partial charge on any atom is 0.407 e. The lowest BCUT2D eigenvalue weighted by Gasteiger charge is -2.29. The first-order chi connectivity index (χ1) is 22.7. The number of nitrogens with one attached hydrogen (secondary N) is 3. The molecule has 0 radical (unpaired) electrons. The molecule has 0 saturated heterocycles. The number of amides is 3. The lowest BCUT2D eigenvalue weighted by atomic mass is 9.95. The van der Waals surface area contributed by atoms with Gasteiger partial charge in [0.25, 0.3) is 0 Å². The van der Waals surface area contributed by atoms with Gasteiger partial charge in [-0.2, -0.15) is 0 Å². The molecule has 2 aromatic rings. The van der Waals surface area contributed by atoms with Gasteiger partial charge in [0.1, 0.15) is 19.3 Å². The van der Waals surface area contributed by atoms with E-state index in [1.807, 2.05) is 36.4 Å². The normalized spacial score (nSPS) is 16.5. The van der Waals surface area contributed by atoms with Crippen LogP contribution < -0.4 is 16.0 Å². The van der Waals surface area contributed by atoms with Crippen LogP contribution in [-0.2, 0) is 23.9 Å². The van der Waals surface area contributed by atoms with Crippen LogP contribution in [0.5, 0.6) is 0 Å². The molecule has 10 nitrogen and oxygen atoms in total. The second kappa shape index (κ2) is 16.9. The Morgan fingerprint density at radius 1 is 0.957 bits per heavy atom. The number of aliphatic hydroxyl groups is 1. The van der Waals surface area contributed by atoms with Gasteiger partial charge in [-0.25, -0.2) is 9.59 Å². The number of rotatable bonds is 17. The van der Waals surface area contributed by atoms with Crippen LogP contribution in [0.15, 0.2) is 73.8 Å². The predicted molar refractivity (Wildman–Crippen MR) is 179 cm³/mol. The third kappa shape index (κ3) is 9.32. The van der Waals surface area contributed by atoms with E-state index in [4.69, 9.17) is 9.47 Å². The Morgan fingerprint density at radius 3 is 2.19 bits per heavy atom. The third-order valence-corrected chi connectivity index (χ3v) is 8.97. The Bertz CT molecular complexity index is 1390. The van der Waals surface area contributed by atoms with Gasteiger partial charge in [-0.15, -0.1) is 13.2 Å². The Labute approximate surface area is 277 Å². The molecule has 3 atom stereocenters. The number of fused-ring (bicyclic) bond motifs is 3. The van der Waals surface area contributed by atoms with Crippen molar-refractivity contribution in [3.63, 3.8) is 0 Å². The summed E-state index contributed by atoms with van der Waals surface area (Å²) in [5.74, 6) is -2.11. The number of hydrogen-bond donors (Lipinski definition) is 4. The Morgan fingerprint density at radius 2 is 1.60 bits per heavy atom. The molecule has 47 heavy (non-hydrogen) atoms. The van der Waals surface area contributed by atoms with Crippen molar-refractivity contribution in [2.45, 2.75) is 81.8 Å². The summed E-state index contributed by atoms with van der Waals surface area (Å²) in [6.07, 6.45) is 6.73. The van der Waals surface area contributed by atoms with Gasteiger partial charge in [0.15, 0.2) is 0 Å². The van der Waals surface area contributed by atoms with Crippen molar-refractivity contribution in [1.82, 2.24) is 16.0 Å². The highest BCUT2D eigenvalue weighted by atomic mass is 16.6. The molecule has 2 aromatic carbocycles. The maximum absolute atomic E-state index is 13.1. The third-order valence-electron chi connectivity index (χ3n) is 8.97. The van der Waals surface area contributed by atoms with Crippen molar-refractivity contribution in [2.24, 2.45) is 5.92 Å². The minimum Gasteiger partial charge on any atom is -0.462 e. The largest absolute Gasteiger partial charge is 0.462 e. The van der Waals surface area contributed by atoms with E-state index in [0.29, 0.717) is 19.3 Å². The van der Waals surface area contributed by atoms with Crippen LogP contribution in [0.2, 0.25) is 0 Å². The van der Waals surface area contributed by atoms with E-state index in [1.54, 1.807) is 19.1 Å². The van der Waals surface area contributed by atoms with Crippen LogP contribution in [-0.4, -0.2) is 66.4 Å². The van der Waals surface area contributed by atoms with Crippen LogP contribution in [0.3, 0.4) is 0 Å². The molecule has 1 saturated carbocycles. The quantitative estimate of drug-likeness (QED) is 0.141. The smallest absolute Gasteiger partial charge is 0.407 e. The maximum atomic E-state index is 13.1. The number of alkyl carbamates (subject to hydrolysis) is 1. The highest BCUT2D eigenvalue weighted by Crippen LogP contribution is 2.44. The zero-order chi connectivity index (χ0) is 33.8. The van der Waals surface area contributed by atoms with Crippen molar-refractivity contribution < 1.29 is 33.8 Å². The molecule has 10 heteroatoms. The highest BCUT2D eigenvalue weighted by Gasteiger charge is 2.36. The fourth-order valence-corrected chi connectivity index (χ4v) is 6.46. The van der Waals surface area contributed by atoms with Crippen molar-refractivity contribution in [3.05, 3.63) is 85.0 Å². The number of carbonyl (C=O) groups excluding carboxylic acids is 4. The Kier molecular flexibility index (Phi) is 12.8. The van der Waals surface area contributed by atoms with Gasteiger partial charge in [-0.3, -0.25) is 9.59 Å². The number of ether oxygens (including phenoxy) is 2. The minimum absolute atomic E-state index is 0.0558. The second-order valence-electron chi connectivity index (χ2n) is 12.5. The average molecular weight is 646 g/mol. The van der Waals surface area contributed by atoms with Gasteiger partial charge in [-0.1, -0.05) is 73.5 Å². The standard InChI is InChI=1S/C37H47N3O7/c1-4-6-18-32(39-36(45)47-23-31-29-16-9-7-14-27(29)28-15-8-10-17-30(28)31)35(44)46-22-25(3)38-34(43)26(13-5-2)21-33(42)40-37(24-41)19-11-12-20-37/h4-5,7-10,14-17,25-26,31-32,41H,1-2,6,11-13,18-24H2,3H3,(H,38,43)(H,39,45)(H,40,42)/t25-,26-,32-/m0/s1. The molecule has 0 unspecified atom stereocenters. The first-order valence-electron chi connectivity index (χ1n) is 16.4. The molecule has 0 spiro atoms. The van der Waals surface area contributed by atoms with Gasteiger partial charge < -0.3 is 30.5 Å². The van der Waals surface area contributed by atoms with Crippen molar-refractivity contribution in [2.75, 3.05) is 19.8 Å². The monoisotopic (exact) mass is 645 g/mol. The molecule has 0 aromatic heterocycles. The molecule has 0 aliphatic heterocycles. The van der Waals surface area contributed by atoms with Gasteiger partial charge in [-0.05, 0) is 61.3 Å². The number of aliphatic hydroxyl groups excluding tert-OH is 1. The SMILES string of the molecule is C=CCC[C@H](NC(=O)OCC1c2ccccc2-c2ccccc21)C(=O)OC[C@H](C)NC(=O)[C@@H](CC=C)CC(=O)NC1(CO)CCCC1. The van der Waals surface area contributed by atoms with Gasteiger partial charge in [0.05, 0.1) is 24.1 Å². The van der Waals surface area contributed by atoms with E-state index in [9.17, 15) is 24.3 Å². The minimum atomic E-state index is -0.974. The number of hydrogen-bond acceptors (Lipinski definition) is 7. The number of benzene rings is 2. The Balaban J connectivity index is 1.27. The Hall–Kier alpha value is -4.44. The summed E-state index contributed by atoms with van der Waals surface area (Å²) in [6.45, 7) is 8.94. The first kappa shape index (κ1) is 35.4. The molecule has 2 aliphatic carbocycles. The van der Waals surface area contributed by atoms with Crippen LogP contribution in [0.4, 0.5) is 4.79 Å². The predicted octanol–water partition coefficient (Wildman–Crippen LogP) is 4.91. The number of allylic oxidation sites excluding steroid dienone is 2. The molecular weight excluding hydrogens is 598 g/mol. The molecule has 1 fully saturated rings. The number of esters is 1. The molecule has 4 rings (SSSR count). The molecule has 4 N–H and O–H groups in total. The summed E-state index contributed by atoms with van der Waals surface area (Å²) in [5, 5.41) is 18.2. The van der Waals surface area contributed by atoms with E-state index in [-0.39, 0.29) is 56.8 Å². The highest BCUT2D eigenvalue weighted by molar-refractivity contribution is 5.86. The van der Waals surface area contributed by atoms with Crippen molar-refractivity contribution in [1.29, 1.82) is 0 Å². The average Bonchev–Trinajstić information content (AvgIpc) is 3.67. The molecule has 0 bridgehead atoms. The van der Waals surface area contributed by atoms with E-state index >= 15 is 0 Å². The topological polar surface area (TPSA) is 143 Å². The lowest BCUT2D eigenvalue weighted by Crippen LogP contribution is -2.50. The van der Waals surface area contributed by atoms with E-state index in [1.165, 1.54) is 0 Å². The summed E-state index contributed by atoms with van der Waals surface area (Å²) < 4.78 is 11.1. The molecule has 252 valence electrons. The summed E-state index contributed by atoms with van der Waals surface area (Å²) in [7, 11) is 0. The van der Waals surface area contributed by atoms with Crippen LogP contribution in [0, 0.1) is 5.92 Å². The van der Waals surface area contributed by atoms with Crippen LogP contribution >= 0.6 is 0 Å². The first-order valence-corrected chi connectivity index (χ1v) is 16.4. The summed E-state index contributed by atoms with van der Waals surface area (Å²) >= 11 is 0. The zero-order valence-corrected chi connectivity index (χ0v) is 27.2.